The molecule has 3 N–H and O–H groups in total. The van der Waals surface area contributed by atoms with E-state index in [9.17, 15) is 27.9 Å². The molecule has 0 radical (unpaired) electrons. The van der Waals surface area contributed by atoms with Gasteiger partial charge in [0.1, 0.15) is 34.1 Å². The summed E-state index contributed by atoms with van der Waals surface area (Å²) in [5.74, 6) is -1.41. The monoisotopic (exact) mass is 516 g/mol. The van der Waals surface area contributed by atoms with Crippen molar-refractivity contribution in [1.29, 1.82) is 0 Å². The molecule has 1 aliphatic carbocycles. The molecule has 12 heteroatoms. The summed E-state index contributed by atoms with van der Waals surface area (Å²) in [6.45, 7) is 1.68. The third-order valence-corrected chi connectivity index (χ3v) is 5.79. The van der Waals surface area contributed by atoms with Gasteiger partial charge in [-0.3, -0.25) is 19.6 Å². The van der Waals surface area contributed by atoms with Crippen LogP contribution in [0.3, 0.4) is 0 Å². The molecule has 194 valence electrons. The molecule has 0 saturated heterocycles. The Morgan fingerprint density at radius 3 is 2.41 bits per heavy atom. The SMILES string of the molecule is COc1ccc(Oc2ccc([C@@H](C)NC(=O)C3(NC(=O)c4cncc(O)c4)CC3)nc2)c(C(F)(F)F)c1. The van der Waals surface area contributed by atoms with E-state index >= 15 is 0 Å². The molecule has 2 amide bonds. The molecular weight excluding hydrogens is 493 g/mol. The number of nitrogens with one attached hydrogen (secondary N) is 2. The number of aromatic hydroxyl groups is 1. The van der Waals surface area contributed by atoms with Gasteiger partial charge in [0.2, 0.25) is 5.91 Å². The normalized spacial score (nSPS) is 14.8. The second kappa shape index (κ2) is 9.96. The zero-order valence-corrected chi connectivity index (χ0v) is 19.8. The zero-order chi connectivity index (χ0) is 26.8. The molecule has 0 unspecified atom stereocenters. The predicted molar refractivity (Wildman–Crippen MR) is 124 cm³/mol. The summed E-state index contributed by atoms with van der Waals surface area (Å²) in [7, 11) is 1.27. The van der Waals surface area contributed by atoms with Gasteiger partial charge in [0.25, 0.3) is 5.91 Å². The van der Waals surface area contributed by atoms with Crippen molar-refractivity contribution >= 4 is 11.8 Å². The summed E-state index contributed by atoms with van der Waals surface area (Å²) in [6, 6.07) is 7.01. The highest BCUT2D eigenvalue weighted by atomic mass is 19.4. The number of amides is 2. The highest BCUT2D eigenvalue weighted by molar-refractivity contribution is 6.00. The Hall–Kier alpha value is -4.35. The van der Waals surface area contributed by atoms with E-state index in [1.807, 2.05) is 0 Å². The van der Waals surface area contributed by atoms with Gasteiger partial charge in [0.15, 0.2) is 0 Å². The second-order valence-electron chi connectivity index (χ2n) is 8.54. The van der Waals surface area contributed by atoms with E-state index in [1.165, 1.54) is 50.0 Å². The van der Waals surface area contributed by atoms with Crippen molar-refractivity contribution in [3.63, 3.8) is 0 Å². The first-order valence-corrected chi connectivity index (χ1v) is 11.2. The average Bonchev–Trinajstić information content (AvgIpc) is 3.64. The van der Waals surface area contributed by atoms with Crippen molar-refractivity contribution in [3.8, 4) is 23.0 Å². The molecule has 1 aromatic carbocycles. The Morgan fingerprint density at radius 2 is 1.81 bits per heavy atom. The third-order valence-electron chi connectivity index (χ3n) is 5.79. The highest BCUT2D eigenvalue weighted by Crippen LogP contribution is 2.40. The number of benzene rings is 1. The largest absolute Gasteiger partial charge is 0.506 e. The van der Waals surface area contributed by atoms with Crippen LogP contribution in [0.25, 0.3) is 0 Å². The second-order valence-corrected chi connectivity index (χ2v) is 8.54. The molecule has 0 aliphatic heterocycles. The van der Waals surface area contributed by atoms with Gasteiger partial charge < -0.3 is 25.2 Å². The van der Waals surface area contributed by atoms with Gasteiger partial charge in [-0.25, -0.2) is 0 Å². The first-order valence-electron chi connectivity index (χ1n) is 11.2. The van der Waals surface area contributed by atoms with E-state index < -0.39 is 40.9 Å². The molecule has 1 fully saturated rings. The topological polar surface area (TPSA) is 123 Å². The fraction of sp³-hybridized carbons (Fsp3) is 0.280. The minimum atomic E-state index is -4.65. The summed E-state index contributed by atoms with van der Waals surface area (Å²) in [4.78, 5) is 33.3. The Balaban J connectivity index is 1.40. The van der Waals surface area contributed by atoms with Crippen LogP contribution < -0.4 is 20.1 Å². The lowest BCUT2D eigenvalue weighted by atomic mass is 10.1. The summed E-state index contributed by atoms with van der Waals surface area (Å²) >= 11 is 0. The van der Waals surface area contributed by atoms with E-state index in [4.69, 9.17) is 9.47 Å². The molecule has 37 heavy (non-hydrogen) atoms. The Labute approximate surface area is 209 Å². The number of hydrogen-bond acceptors (Lipinski definition) is 7. The van der Waals surface area contributed by atoms with Gasteiger partial charge in [0.05, 0.1) is 36.8 Å². The van der Waals surface area contributed by atoms with E-state index in [1.54, 1.807) is 6.92 Å². The number of methoxy groups -OCH3 is 1. The fourth-order valence-electron chi connectivity index (χ4n) is 3.57. The summed E-state index contributed by atoms with van der Waals surface area (Å²) in [6.07, 6.45) is -0.0513. The van der Waals surface area contributed by atoms with E-state index in [0.717, 1.165) is 12.1 Å². The lowest BCUT2D eigenvalue weighted by Gasteiger charge is -2.21. The van der Waals surface area contributed by atoms with Crippen molar-refractivity contribution in [2.45, 2.75) is 37.5 Å². The van der Waals surface area contributed by atoms with E-state index in [2.05, 4.69) is 20.6 Å². The van der Waals surface area contributed by atoms with E-state index in [-0.39, 0.29) is 22.8 Å². The quantitative estimate of drug-likeness (QED) is 0.411. The Morgan fingerprint density at radius 1 is 1.08 bits per heavy atom. The molecule has 1 saturated carbocycles. The Kier molecular flexibility index (Phi) is 6.92. The van der Waals surface area contributed by atoms with Crippen molar-refractivity contribution in [3.05, 3.63) is 71.8 Å². The number of halogens is 3. The molecule has 1 aliphatic rings. The average molecular weight is 516 g/mol. The van der Waals surface area contributed by atoms with Gasteiger partial charge in [-0.15, -0.1) is 0 Å². The van der Waals surface area contributed by atoms with Gasteiger partial charge >= 0.3 is 6.18 Å². The lowest BCUT2D eigenvalue weighted by Crippen LogP contribution is -2.49. The number of carbonyl (C=O) groups excluding carboxylic acids is 2. The van der Waals surface area contributed by atoms with Crippen molar-refractivity contribution in [1.82, 2.24) is 20.6 Å². The maximum Gasteiger partial charge on any atom is 0.420 e. The third kappa shape index (κ3) is 5.90. The summed E-state index contributed by atoms with van der Waals surface area (Å²) in [5.41, 5.74) is -1.52. The molecule has 2 heterocycles. The number of carbonyl (C=O) groups is 2. The van der Waals surface area contributed by atoms with Crippen LogP contribution in [0.2, 0.25) is 0 Å². The molecule has 3 aromatic rings. The van der Waals surface area contributed by atoms with Gasteiger partial charge in [-0.1, -0.05) is 0 Å². The standard InChI is InChI=1S/C25H23F3N4O5/c1-14(31-23(35)24(7-8-24)32-22(34)15-9-16(33)12-29-11-15)20-5-3-18(13-30-20)37-21-6-4-17(36-2)10-19(21)25(26,27)28/h3-6,9-14,33H,7-8H2,1-2H3,(H,31,35)(H,32,34)/t14-/m1/s1. The minimum absolute atomic E-state index is 0.0425. The van der Waals surface area contributed by atoms with Crippen LogP contribution in [0.5, 0.6) is 23.0 Å². The molecule has 1 atom stereocenters. The number of aromatic nitrogens is 2. The number of alkyl halides is 3. The molecule has 0 bridgehead atoms. The summed E-state index contributed by atoms with van der Waals surface area (Å²) in [5, 5.41) is 15.0. The van der Waals surface area contributed by atoms with Gasteiger partial charge in [0, 0.05) is 6.20 Å². The maximum atomic E-state index is 13.4. The molecule has 4 rings (SSSR count). The van der Waals surface area contributed by atoms with Gasteiger partial charge in [-0.05, 0) is 56.2 Å². The molecule has 2 aromatic heterocycles. The number of hydrogen-bond donors (Lipinski definition) is 3. The number of nitrogens with zero attached hydrogens (tertiary/aromatic N) is 2. The number of pyridine rings is 2. The van der Waals surface area contributed by atoms with Crippen LogP contribution in [0.15, 0.2) is 55.0 Å². The van der Waals surface area contributed by atoms with Crippen LogP contribution in [-0.4, -0.2) is 39.5 Å². The number of ether oxygens (including phenoxy) is 2. The smallest absolute Gasteiger partial charge is 0.420 e. The van der Waals surface area contributed by atoms with Crippen LogP contribution in [0.1, 0.15) is 47.4 Å². The molecule has 9 nitrogen and oxygen atoms in total. The number of rotatable bonds is 8. The van der Waals surface area contributed by atoms with Crippen LogP contribution in [-0.2, 0) is 11.0 Å². The first kappa shape index (κ1) is 25.7. The lowest BCUT2D eigenvalue weighted by molar-refractivity contribution is -0.138. The highest BCUT2D eigenvalue weighted by Gasteiger charge is 2.51. The van der Waals surface area contributed by atoms with Crippen molar-refractivity contribution in [2.24, 2.45) is 0 Å². The van der Waals surface area contributed by atoms with Crippen molar-refractivity contribution in [2.75, 3.05) is 7.11 Å². The Bertz CT molecular complexity index is 1310. The van der Waals surface area contributed by atoms with Gasteiger partial charge in [-0.2, -0.15) is 13.2 Å². The van der Waals surface area contributed by atoms with Crippen LogP contribution in [0, 0.1) is 0 Å². The molecule has 0 spiro atoms. The van der Waals surface area contributed by atoms with Crippen LogP contribution in [0.4, 0.5) is 13.2 Å². The minimum Gasteiger partial charge on any atom is -0.506 e. The molecular formula is C25H23F3N4O5. The van der Waals surface area contributed by atoms with Crippen LogP contribution >= 0.6 is 0 Å². The van der Waals surface area contributed by atoms with Crippen molar-refractivity contribution < 1.29 is 37.3 Å². The van der Waals surface area contributed by atoms with E-state index in [0.29, 0.717) is 18.5 Å². The first-order chi connectivity index (χ1) is 17.5. The predicted octanol–water partition coefficient (Wildman–Crippen LogP) is 4.14. The fourth-order valence-corrected chi connectivity index (χ4v) is 3.57. The summed E-state index contributed by atoms with van der Waals surface area (Å²) < 4.78 is 50.5. The maximum absolute atomic E-state index is 13.4. The zero-order valence-electron chi connectivity index (χ0n) is 19.8.